The lowest BCUT2D eigenvalue weighted by Gasteiger charge is -2.19. The van der Waals surface area contributed by atoms with Crippen LogP contribution in [0.15, 0.2) is 97.3 Å². The van der Waals surface area contributed by atoms with Gasteiger partial charge in [0.25, 0.3) is 0 Å². The SMILES string of the molecule is COc1ccc(CN)cc1OC.C[C@H](Nc1nc(C(=O)OC(C)(C)C)c2sc(Cl)cc2n1)c1ccccn1.Cc1ccc(CNc2cc3nc(N[C@@H](C)c4ccccn4)nc(C(=O)OC(C)(C)C)c3s2)cc1C. The van der Waals surface area contributed by atoms with Gasteiger partial charge < -0.3 is 40.6 Å². The number of ether oxygens (including phenoxy) is 4. The molecule has 0 saturated carbocycles. The van der Waals surface area contributed by atoms with Gasteiger partial charge in [-0.05, 0) is 140 Å². The van der Waals surface area contributed by atoms with E-state index < -0.39 is 23.1 Å². The molecule has 0 bridgehead atoms. The Labute approximate surface area is 439 Å². The Morgan fingerprint density at radius 3 is 1.64 bits per heavy atom. The third-order valence-electron chi connectivity index (χ3n) is 10.6. The highest BCUT2D eigenvalue weighted by Crippen LogP contribution is 2.35. The van der Waals surface area contributed by atoms with E-state index in [0.29, 0.717) is 49.8 Å². The average molecular weight is 1050 g/mol. The van der Waals surface area contributed by atoms with Crippen LogP contribution in [0.25, 0.3) is 20.4 Å². The van der Waals surface area contributed by atoms with Gasteiger partial charge in [-0.25, -0.2) is 29.5 Å². The van der Waals surface area contributed by atoms with Crippen LogP contribution in [0.5, 0.6) is 11.5 Å². The van der Waals surface area contributed by atoms with E-state index in [1.807, 2.05) is 116 Å². The number of methoxy groups -OCH3 is 2. The first-order chi connectivity index (χ1) is 34.6. The fourth-order valence-corrected chi connectivity index (χ4v) is 8.99. The minimum absolute atomic E-state index is 0.130. The van der Waals surface area contributed by atoms with Crippen molar-refractivity contribution in [1.29, 1.82) is 0 Å². The lowest BCUT2D eigenvalue weighted by atomic mass is 10.1. The number of nitrogens with zero attached hydrogens (tertiary/aromatic N) is 6. The number of anilines is 3. The third kappa shape index (κ3) is 15.8. The number of rotatable bonds is 14. The van der Waals surface area contributed by atoms with Crippen LogP contribution in [0, 0.1) is 13.8 Å². The number of hydrogen-bond donors (Lipinski definition) is 4. The zero-order valence-corrected chi connectivity index (χ0v) is 45.6. The molecule has 0 radical (unpaired) electrons. The molecule has 0 aliphatic heterocycles. The van der Waals surface area contributed by atoms with Crippen molar-refractivity contribution in [3.63, 3.8) is 0 Å². The summed E-state index contributed by atoms with van der Waals surface area (Å²) >= 11 is 8.82. The topological polar surface area (TPSA) is 211 Å². The molecule has 19 heteroatoms. The van der Waals surface area contributed by atoms with Crippen LogP contribution >= 0.6 is 34.3 Å². The molecule has 16 nitrogen and oxygen atoms in total. The van der Waals surface area contributed by atoms with Crippen molar-refractivity contribution in [2.45, 2.75) is 106 Å². The number of nitrogens with one attached hydrogen (secondary N) is 3. The number of thiophene rings is 2. The number of aryl methyl sites for hydroxylation is 2. The van der Waals surface area contributed by atoms with Gasteiger partial charge in [-0.1, -0.05) is 48.0 Å². The predicted molar refractivity (Wildman–Crippen MR) is 293 cm³/mol. The summed E-state index contributed by atoms with van der Waals surface area (Å²) in [5, 5.41) is 10.8. The van der Waals surface area contributed by atoms with Crippen LogP contribution in [0.1, 0.15) is 122 Å². The molecule has 2 atom stereocenters. The minimum Gasteiger partial charge on any atom is -0.493 e. The number of esters is 2. The second kappa shape index (κ2) is 24.6. The van der Waals surface area contributed by atoms with Crippen molar-refractivity contribution >= 4 is 83.5 Å². The molecule has 0 saturated heterocycles. The van der Waals surface area contributed by atoms with Gasteiger partial charge in [0.15, 0.2) is 22.9 Å². The highest BCUT2D eigenvalue weighted by molar-refractivity contribution is 7.23. The molecule has 0 aliphatic carbocycles. The highest BCUT2D eigenvalue weighted by atomic mass is 35.5. The zero-order chi connectivity index (χ0) is 53.0. The largest absolute Gasteiger partial charge is 0.493 e. The number of hydrogen-bond acceptors (Lipinski definition) is 18. The predicted octanol–water partition coefficient (Wildman–Crippen LogP) is 12.5. The Morgan fingerprint density at radius 2 is 1.16 bits per heavy atom. The molecule has 0 amide bonds. The second-order valence-electron chi connectivity index (χ2n) is 18.8. The van der Waals surface area contributed by atoms with Crippen molar-refractivity contribution in [2.75, 3.05) is 30.2 Å². The third-order valence-corrected chi connectivity index (χ3v) is 12.9. The fraction of sp³-hybridized carbons (Fsp3) is 0.333. The normalized spacial score (nSPS) is 12.1. The molecule has 6 heterocycles. The number of carbonyl (C=O) groups excluding carboxylic acids is 2. The quantitative estimate of drug-likeness (QED) is 0.0746. The van der Waals surface area contributed by atoms with Gasteiger partial charge in [-0.15, -0.1) is 22.7 Å². The molecular weight excluding hydrogens is 984 g/mol. The summed E-state index contributed by atoms with van der Waals surface area (Å²) in [6.07, 6.45) is 3.47. The molecule has 73 heavy (non-hydrogen) atoms. The summed E-state index contributed by atoms with van der Waals surface area (Å²) < 4.78 is 23.1. The maximum atomic E-state index is 13.1. The van der Waals surface area contributed by atoms with Gasteiger partial charge >= 0.3 is 11.9 Å². The van der Waals surface area contributed by atoms with Crippen LogP contribution in [-0.4, -0.2) is 67.3 Å². The number of aromatic nitrogens is 6. The number of carbonyl (C=O) groups is 2. The summed E-state index contributed by atoms with van der Waals surface area (Å²) in [6, 6.07) is 26.9. The van der Waals surface area contributed by atoms with E-state index in [1.54, 1.807) is 32.7 Å². The first-order valence-electron chi connectivity index (χ1n) is 23.4. The summed E-state index contributed by atoms with van der Waals surface area (Å²) in [4.78, 5) is 52.5. The highest BCUT2D eigenvalue weighted by Gasteiger charge is 2.26. The molecule has 6 aromatic heterocycles. The van der Waals surface area contributed by atoms with Crippen molar-refractivity contribution < 1.29 is 28.5 Å². The molecule has 0 spiro atoms. The van der Waals surface area contributed by atoms with Crippen LogP contribution in [0.3, 0.4) is 0 Å². The number of halogens is 1. The monoisotopic (exact) mass is 1050 g/mol. The number of benzene rings is 2. The van der Waals surface area contributed by atoms with Crippen LogP contribution in [0.2, 0.25) is 4.34 Å². The Balaban J connectivity index is 0.000000200. The van der Waals surface area contributed by atoms with Crippen molar-refractivity contribution in [1.82, 2.24) is 29.9 Å². The van der Waals surface area contributed by atoms with E-state index in [9.17, 15) is 9.59 Å². The van der Waals surface area contributed by atoms with E-state index in [4.69, 9.17) is 41.3 Å². The Morgan fingerprint density at radius 1 is 0.644 bits per heavy atom. The van der Waals surface area contributed by atoms with E-state index in [0.717, 1.165) is 33.5 Å². The van der Waals surface area contributed by atoms with Crippen molar-refractivity contribution in [3.05, 3.63) is 147 Å². The first kappa shape index (κ1) is 55.3. The summed E-state index contributed by atoms with van der Waals surface area (Å²) in [6.45, 7) is 20.3. The van der Waals surface area contributed by atoms with Gasteiger partial charge in [0.05, 0.1) is 67.5 Å². The van der Waals surface area contributed by atoms with Gasteiger partial charge in [0.2, 0.25) is 11.9 Å². The summed E-state index contributed by atoms with van der Waals surface area (Å²) in [7, 11) is 3.22. The smallest absolute Gasteiger partial charge is 0.359 e. The average Bonchev–Trinajstić information content (AvgIpc) is 3.95. The molecular formula is C54H63ClN10O6S2. The van der Waals surface area contributed by atoms with Crippen LogP contribution < -0.4 is 31.2 Å². The lowest BCUT2D eigenvalue weighted by Crippen LogP contribution is -2.25. The van der Waals surface area contributed by atoms with E-state index in [2.05, 4.69) is 72.9 Å². The maximum Gasteiger partial charge on any atom is 0.359 e. The summed E-state index contributed by atoms with van der Waals surface area (Å²) in [5.41, 5.74) is 12.4. The van der Waals surface area contributed by atoms with Crippen LogP contribution in [0.4, 0.5) is 16.9 Å². The second-order valence-corrected chi connectivity index (χ2v) is 21.5. The van der Waals surface area contributed by atoms with Gasteiger partial charge in [0, 0.05) is 25.5 Å². The number of pyridine rings is 2. The Hall–Kier alpha value is -6.99. The van der Waals surface area contributed by atoms with Crippen molar-refractivity contribution in [2.24, 2.45) is 5.73 Å². The molecule has 5 N–H and O–H groups in total. The van der Waals surface area contributed by atoms with Crippen molar-refractivity contribution in [3.8, 4) is 11.5 Å². The minimum atomic E-state index is -0.634. The number of nitrogens with two attached hydrogens (primary N) is 1. The standard InChI is InChI=1S/C27H31N5O2S.C18H19ClN4O2S.C9H13NO2/c1-16-10-11-19(13-17(16)2)15-29-22-14-21-24(35-22)23(25(33)34-27(4,5)6)32-26(31-21)30-18(3)20-9-7-8-12-28-20;1-10(11-7-5-6-8-20-11)21-17-22-12-9-13(19)26-15(12)14(23-17)16(24)25-18(2,3)4;1-11-8-4-3-7(6-10)5-9(8)12-2/h7-14,18,29H,15H2,1-6H3,(H,30,31,32);5-10H,1-4H3,(H,21,22,23);3-5H,6,10H2,1-2H3/t18-;10-;/m00./s1. The van der Waals surface area contributed by atoms with E-state index in [1.165, 1.54) is 39.4 Å². The van der Waals surface area contributed by atoms with E-state index in [-0.39, 0.29) is 23.5 Å². The Bertz CT molecular complexity index is 3140. The van der Waals surface area contributed by atoms with E-state index >= 15 is 0 Å². The van der Waals surface area contributed by atoms with Gasteiger partial charge in [0.1, 0.15) is 11.2 Å². The molecule has 8 rings (SSSR count). The maximum absolute atomic E-state index is 13.1. The molecule has 8 aromatic rings. The van der Waals surface area contributed by atoms with Gasteiger partial charge in [-0.3, -0.25) is 9.97 Å². The van der Waals surface area contributed by atoms with Gasteiger partial charge in [-0.2, -0.15) is 0 Å². The molecule has 384 valence electrons. The fourth-order valence-electron chi connectivity index (χ4n) is 6.89. The Kier molecular flexibility index (Phi) is 18.7. The lowest BCUT2D eigenvalue weighted by molar-refractivity contribution is 0.00532. The van der Waals surface area contributed by atoms with Crippen LogP contribution in [-0.2, 0) is 22.6 Å². The molecule has 0 unspecified atom stereocenters. The molecule has 0 fully saturated rings. The molecule has 2 aromatic carbocycles. The zero-order valence-electron chi connectivity index (χ0n) is 43.2. The molecule has 0 aliphatic rings. The summed E-state index contributed by atoms with van der Waals surface area (Å²) in [5.74, 6) is 1.16. The number of fused-ring (bicyclic) bond motifs is 2. The first-order valence-corrected chi connectivity index (χ1v) is 25.5.